The molecule has 9 heteroatoms. The van der Waals surface area contributed by atoms with Gasteiger partial charge < -0.3 is 10.1 Å². The Balaban J connectivity index is 1.24. The second-order valence-electron chi connectivity index (χ2n) is 8.29. The molecule has 0 aliphatic carbocycles. The summed E-state index contributed by atoms with van der Waals surface area (Å²) < 4.78 is 29.5. The minimum atomic E-state index is -2.91. The summed E-state index contributed by atoms with van der Waals surface area (Å²) in [5.41, 5.74) is 3.81. The van der Waals surface area contributed by atoms with Gasteiger partial charge in [-0.3, -0.25) is 4.98 Å². The van der Waals surface area contributed by atoms with Crippen LogP contribution in [0, 0.1) is 0 Å². The number of fused-ring (bicyclic) bond motifs is 2. The normalized spacial score (nSPS) is 11.2. The first-order chi connectivity index (χ1) is 18.6. The Kier molecular flexibility index (Phi) is 6.49. The minimum Gasteiger partial charge on any atom is -0.433 e. The van der Waals surface area contributed by atoms with Crippen LogP contribution in [0.2, 0.25) is 0 Å². The Hall–Kier alpha value is -4.63. The topological polar surface area (TPSA) is 72.8 Å². The predicted octanol–water partition coefficient (Wildman–Crippen LogP) is 7.74. The van der Waals surface area contributed by atoms with E-state index in [1.807, 2.05) is 84.9 Å². The molecule has 0 radical (unpaired) electrons. The van der Waals surface area contributed by atoms with Crippen molar-refractivity contribution in [1.82, 2.24) is 20.2 Å². The Labute approximate surface area is 220 Å². The number of benzene rings is 3. The molecule has 6 nitrogen and oxygen atoms in total. The lowest BCUT2D eigenvalue weighted by molar-refractivity contribution is -0.0499. The number of hydrogen-bond acceptors (Lipinski definition) is 7. The van der Waals surface area contributed by atoms with Crippen molar-refractivity contribution in [3.63, 3.8) is 0 Å². The van der Waals surface area contributed by atoms with Crippen LogP contribution in [0.5, 0.6) is 5.75 Å². The van der Waals surface area contributed by atoms with Crippen molar-refractivity contribution in [3.8, 4) is 17.0 Å². The van der Waals surface area contributed by atoms with Gasteiger partial charge in [-0.15, -0.1) is 10.2 Å². The number of alkyl halides is 2. The molecule has 0 saturated carbocycles. The molecule has 0 bridgehead atoms. The molecule has 0 aliphatic rings. The van der Waals surface area contributed by atoms with Gasteiger partial charge in [0, 0.05) is 44.1 Å². The van der Waals surface area contributed by atoms with Crippen LogP contribution in [0.15, 0.2) is 113 Å². The monoisotopic (exact) mass is 523 g/mol. The lowest BCUT2D eigenvalue weighted by atomic mass is 10.0. The number of anilines is 2. The number of pyridine rings is 2. The van der Waals surface area contributed by atoms with Crippen LogP contribution in [-0.4, -0.2) is 26.8 Å². The molecule has 1 N–H and O–H groups in total. The molecule has 3 aromatic carbocycles. The van der Waals surface area contributed by atoms with Gasteiger partial charge in [0.15, 0.2) is 5.82 Å². The fourth-order valence-corrected chi connectivity index (χ4v) is 5.02. The zero-order chi connectivity index (χ0) is 25.9. The molecule has 186 valence electrons. The van der Waals surface area contributed by atoms with Gasteiger partial charge in [-0.25, -0.2) is 4.98 Å². The number of halogens is 2. The fourth-order valence-electron chi connectivity index (χ4n) is 4.11. The van der Waals surface area contributed by atoms with E-state index in [0.717, 1.165) is 37.5 Å². The van der Waals surface area contributed by atoms with Gasteiger partial charge in [-0.05, 0) is 30.3 Å². The zero-order valence-electron chi connectivity index (χ0n) is 19.8. The molecule has 3 heterocycles. The van der Waals surface area contributed by atoms with E-state index >= 15 is 0 Å². The van der Waals surface area contributed by atoms with Gasteiger partial charge in [-0.2, -0.15) is 8.78 Å². The van der Waals surface area contributed by atoms with E-state index in [4.69, 9.17) is 0 Å². The first-order valence-electron chi connectivity index (χ1n) is 11.7. The van der Waals surface area contributed by atoms with Crippen LogP contribution < -0.4 is 10.1 Å². The van der Waals surface area contributed by atoms with E-state index in [-0.39, 0.29) is 5.75 Å². The van der Waals surface area contributed by atoms with Crippen molar-refractivity contribution in [3.05, 3.63) is 103 Å². The van der Waals surface area contributed by atoms with E-state index in [1.165, 1.54) is 24.0 Å². The lowest BCUT2D eigenvalue weighted by Crippen LogP contribution is -2.02. The molecular weight excluding hydrogens is 504 g/mol. The zero-order valence-corrected chi connectivity index (χ0v) is 20.6. The van der Waals surface area contributed by atoms with Crippen LogP contribution in [0.1, 0.15) is 0 Å². The number of nitrogens with zero attached hydrogens (tertiary/aromatic N) is 4. The summed E-state index contributed by atoms with van der Waals surface area (Å²) in [4.78, 5) is 10.4. The molecule has 0 spiro atoms. The Morgan fingerprint density at radius 3 is 2.34 bits per heavy atom. The van der Waals surface area contributed by atoms with E-state index in [0.29, 0.717) is 16.9 Å². The summed E-state index contributed by atoms with van der Waals surface area (Å²) in [6.07, 6.45) is 2.90. The second-order valence-corrected chi connectivity index (χ2v) is 9.40. The molecule has 6 rings (SSSR count). The minimum absolute atomic E-state index is 0.0231. The number of ether oxygens (including phenoxy) is 1. The van der Waals surface area contributed by atoms with Gasteiger partial charge in [0.25, 0.3) is 0 Å². The van der Waals surface area contributed by atoms with Crippen molar-refractivity contribution in [1.29, 1.82) is 0 Å². The fraction of sp³-hybridized carbons (Fsp3) is 0.0345. The van der Waals surface area contributed by atoms with Crippen LogP contribution in [0.25, 0.3) is 33.1 Å². The third-order valence-corrected chi connectivity index (χ3v) is 6.88. The second kappa shape index (κ2) is 10.4. The van der Waals surface area contributed by atoms with Crippen LogP contribution in [0.4, 0.5) is 20.3 Å². The average Bonchev–Trinajstić information content (AvgIpc) is 2.94. The highest BCUT2D eigenvalue weighted by Gasteiger charge is 2.12. The van der Waals surface area contributed by atoms with E-state index in [2.05, 4.69) is 30.2 Å². The molecule has 38 heavy (non-hydrogen) atoms. The SMILES string of the molecule is FC(F)Oc1cnc2c(Sc3ccc(Nc4nnc(-c5ccccc5)c5ccccc45)cc3)ccnc2c1. The Morgan fingerprint density at radius 2 is 1.55 bits per heavy atom. The summed E-state index contributed by atoms with van der Waals surface area (Å²) in [6, 6.07) is 29.3. The Morgan fingerprint density at radius 1 is 0.789 bits per heavy atom. The molecule has 6 aromatic rings. The number of nitrogens with one attached hydrogen (secondary N) is 1. The highest BCUT2D eigenvalue weighted by Crippen LogP contribution is 2.35. The number of aromatic nitrogens is 4. The van der Waals surface area contributed by atoms with Crippen LogP contribution in [0.3, 0.4) is 0 Å². The molecule has 0 unspecified atom stereocenters. The van der Waals surface area contributed by atoms with Crippen molar-refractivity contribution in [2.24, 2.45) is 0 Å². The van der Waals surface area contributed by atoms with Gasteiger partial charge in [0.2, 0.25) is 0 Å². The molecule has 0 saturated heterocycles. The van der Waals surface area contributed by atoms with E-state index < -0.39 is 6.61 Å². The van der Waals surface area contributed by atoms with Crippen molar-refractivity contribution >= 4 is 45.1 Å². The first kappa shape index (κ1) is 23.7. The molecular formula is C29H19F2N5OS. The third-order valence-electron chi connectivity index (χ3n) is 5.82. The molecule has 0 atom stereocenters. The standard InChI is InChI=1S/C29H19F2N5OS/c30-29(31)37-20-16-24-27(33-17-20)25(14-15-32-24)38-21-12-10-19(11-13-21)34-28-23-9-5-4-8-22(23)26(35-36-28)18-6-2-1-3-7-18/h1-17,29H,(H,34,36). The molecule has 0 fully saturated rings. The smallest absolute Gasteiger partial charge is 0.387 e. The van der Waals surface area contributed by atoms with E-state index in [9.17, 15) is 8.78 Å². The van der Waals surface area contributed by atoms with Gasteiger partial charge >= 0.3 is 6.61 Å². The Bertz CT molecular complexity index is 1730. The summed E-state index contributed by atoms with van der Waals surface area (Å²) >= 11 is 1.51. The lowest BCUT2D eigenvalue weighted by Gasteiger charge is -2.12. The summed E-state index contributed by atoms with van der Waals surface area (Å²) in [7, 11) is 0. The maximum atomic E-state index is 12.5. The van der Waals surface area contributed by atoms with E-state index in [1.54, 1.807) is 6.20 Å². The van der Waals surface area contributed by atoms with Crippen LogP contribution in [-0.2, 0) is 0 Å². The van der Waals surface area contributed by atoms with Crippen molar-refractivity contribution in [2.45, 2.75) is 16.4 Å². The van der Waals surface area contributed by atoms with Crippen LogP contribution >= 0.6 is 11.8 Å². The largest absolute Gasteiger partial charge is 0.433 e. The quantitative estimate of drug-likeness (QED) is 0.229. The van der Waals surface area contributed by atoms with Crippen molar-refractivity contribution < 1.29 is 13.5 Å². The molecule has 0 amide bonds. The highest BCUT2D eigenvalue weighted by molar-refractivity contribution is 7.99. The summed E-state index contributed by atoms with van der Waals surface area (Å²) in [5.74, 6) is 0.650. The summed E-state index contributed by atoms with van der Waals surface area (Å²) in [5, 5.41) is 14.4. The molecule has 3 aromatic heterocycles. The average molecular weight is 524 g/mol. The number of hydrogen-bond donors (Lipinski definition) is 1. The summed E-state index contributed by atoms with van der Waals surface area (Å²) in [6.45, 7) is -2.91. The van der Waals surface area contributed by atoms with Gasteiger partial charge in [0.1, 0.15) is 17.0 Å². The van der Waals surface area contributed by atoms with Crippen molar-refractivity contribution in [2.75, 3.05) is 5.32 Å². The number of rotatable bonds is 7. The third kappa shape index (κ3) is 4.96. The maximum absolute atomic E-state index is 12.5. The van der Waals surface area contributed by atoms with Gasteiger partial charge in [0.05, 0.1) is 11.7 Å². The maximum Gasteiger partial charge on any atom is 0.387 e. The molecule has 0 aliphatic heterocycles. The van der Waals surface area contributed by atoms with Gasteiger partial charge in [-0.1, -0.05) is 66.4 Å². The highest BCUT2D eigenvalue weighted by atomic mass is 32.2. The predicted molar refractivity (Wildman–Crippen MR) is 145 cm³/mol. The first-order valence-corrected chi connectivity index (χ1v) is 12.5.